The molecule has 0 radical (unpaired) electrons. The van der Waals surface area contributed by atoms with Gasteiger partial charge >= 0.3 is 0 Å². The van der Waals surface area contributed by atoms with Gasteiger partial charge in [0.1, 0.15) is 5.69 Å². The van der Waals surface area contributed by atoms with E-state index in [1.54, 1.807) is 6.20 Å². The topological polar surface area (TPSA) is 88.1 Å². The number of nitrogens with zero attached hydrogens (tertiary/aromatic N) is 4. The number of thiophene rings is 1. The molecule has 0 bridgehead atoms. The Morgan fingerprint density at radius 2 is 1.85 bits per heavy atom. The smallest absolute Gasteiger partial charge is 0.279 e. The van der Waals surface area contributed by atoms with E-state index in [1.165, 1.54) is 41.2 Å². The van der Waals surface area contributed by atoms with Crippen molar-refractivity contribution in [2.24, 2.45) is 0 Å². The Labute approximate surface area is 201 Å². The van der Waals surface area contributed by atoms with E-state index < -0.39 is 11.9 Å². The summed E-state index contributed by atoms with van der Waals surface area (Å²) in [7, 11) is 0. The quantitative estimate of drug-likeness (QED) is 0.431. The first-order valence-electron chi connectivity index (χ1n) is 11.5. The summed E-state index contributed by atoms with van der Waals surface area (Å²) in [4.78, 5) is 42.7. The molecule has 34 heavy (non-hydrogen) atoms. The summed E-state index contributed by atoms with van der Waals surface area (Å²) in [6.07, 6.45) is 11.4. The molecule has 3 heterocycles. The molecule has 0 spiro atoms. The van der Waals surface area contributed by atoms with Gasteiger partial charge < -0.3 is 5.32 Å². The standard InChI is InChI=1S/C26H25N5O2S/c32-25(30-19-8-2-1-3-9-19)24(23-11-6-14-34-23)31(26(33)22-17-27-12-13-28-22)20-15-18-7-4-5-10-21(18)29-16-20/h4-7,10-17,19,24H,1-3,8-9H2,(H,30,32). The van der Waals surface area contributed by atoms with Crippen molar-refractivity contribution in [1.82, 2.24) is 20.3 Å². The van der Waals surface area contributed by atoms with Crippen molar-refractivity contribution in [3.8, 4) is 0 Å². The van der Waals surface area contributed by atoms with Gasteiger partial charge in [-0.2, -0.15) is 0 Å². The van der Waals surface area contributed by atoms with Crippen LogP contribution in [0.2, 0.25) is 0 Å². The minimum Gasteiger partial charge on any atom is -0.351 e. The van der Waals surface area contributed by atoms with Crippen LogP contribution in [0.1, 0.15) is 53.5 Å². The number of hydrogen-bond acceptors (Lipinski definition) is 6. The van der Waals surface area contributed by atoms with Crippen LogP contribution < -0.4 is 10.2 Å². The third-order valence-corrected chi connectivity index (χ3v) is 7.05. The Balaban J connectivity index is 1.60. The van der Waals surface area contributed by atoms with E-state index in [0.29, 0.717) is 5.69 Å². The van der Waals surface area contributed by atoms with Crippen molar-refractivity contribution in [1.29, 1.82) is 0 Å². The summed E-state index contributed by atoms with van der Waals surface area (Å²) in [5, 5.41) is 6.02. The number of anilines is 1. The summed E-state index contributed by atoms with van der Waals surface area (Å²) < 4.78 is 0. The van der Waals surface area contributed by atoms with Crippen LogP contribution in [-0.2, 0) is 4.79 Å². The summed E-state index contributed by atoms with van der Waals surface area (Å²) in [5.74, 6) is -0.595. The van der Waals surface area contributed by atoms with E-state index in [4.69, 9.17) is 0 Å². The summed E-state index contributed by atoms with van der Waals surface area (Å²) in [5.41, 5.74) is 1.52. The molecule has 1 aliphatic carbocycles. The van der Waals surface area contributed by atoms with Gasteiger partial charge in [0.15, 0.2) is 6.04 Å². The van der Waals surface area contributed by atoms with Gasteiger partial charge in [-0.1, -0.05) is 43.5 Å². The molecule has 1 aromatic carbocycles. The van der Waals surface area contributed by atoms with E-state index in [-0.39, 0.29) is 17.6 Å². The van der Waals surface area contributed by atoms with Crippen molar-refractivity contribution in [3.63, 3.8) is 0 Å². The zero-order valence-electron chi connectivity index (χ0n) is 18.6. The fraction of sp³-hybridized carbons (Fsp3) is 0.269. The third kappa shape index (κ3) is 4.68. The number of hydrogen-bond donors (Lipinski definition) is 1. The van der Waals surface area contributed by atoms with E-state index in [9.17, 15) is 9.59 Å². The number of nitrogens with one attached hydrogen (secondary N) is 1. The van der Waals surface area contributed by atoms with Gasteiger partial charge in [-0.3, -0.25) is 24.5 Å². The number of carbonyl (C=O) groups is 2. The molecular formula is C26H25N5O2S. The maximum atomic E-state index is 13.8. The number of pyridine rings is 1. The first-order chi connectivity index (χ1) is 16.7. The van der Waals surface area contributed by atoms with Crippen LogP contribution in [0, 0.1) is 0 Å². The van der Waals surface area contributed by atoms with Crippen LogP contribution in [-0.4, -0.2) is 32.8 Å². The highest BCUT2D eigenvalue weighted by molar-refractivity contribution is 7.10. The van der Waals surface area contributed by atoms with Gasteiger partial charge in [0, 0.05) is 28.7 Å². The molecule has 7 nitrogen and oxygen atoms in total. The minimum atomic E-state index is -0.848. The fourth-order valence-corrected chi connectivity index (χ4v) is 5.27. The molecule has 0 saturated heterocycles. The van der Waals surface area contributed by atoms with Crippen LogP contribution in [0.5, 0.6) is 0 Å². The van der Waals surface area contributed by atoms with Crippen molar-refractivity contribution >= 4 is 39.7 Å². The van der Waals surface area contributed by atoms with Gasteiger partial charge in [-0.05, 0) is 36.4 Å². The SMILES string of the molecule is O=C(NC1CCCCC1)C(c1cccs1)N(C(=O)c1cnccn1)c1cnc2ccccc2c1. The van der Waals surface area contributed by atoms with Crippen LogP contribution in [0.3, 0.4) is 0 Å². The molecule has 3 aromatic heterocycles. The molecule has 5 rings (SSSR count). The molecular weight excluding hydrogens is 446 g/mol. The maximum Gasteiger partial charge on any atom is 0.279 e. The highest BCUT2D eigenvalue weighted by Gasteiger charge is 2.36. The van der Waals surface area contributed by atoms with Gasteiger partial charge in [-0.15, -0.1) is 11.3 Å². The number of aromatic nitrogens is 3. The third-order valence-electron chi connectivity index (χ3n) is 6.13. The first kappa shape index (κ1) is 22.2. The van der Waals surface area contributed by atoms with E-state index in [2.05, 4.69) is 20.3 Å². The molecule has 1 unspecified atom stereocenters. The average Bonchev–Trinajstić information content (AvgIpc) is 3.42. The highest BCUT2D eigenvalue weighted by atomic mass is 32.1. The van der Waals surface area contributed by atoms with Crippen LogP contribution in [0.25, 0.3) is 10.9 Å². The van der Waals surface area contributed by atoms with Crippen LogP contribution >= 0.6 is 11.3 Å². The van der Waals surface area contributed by atoms with E-state index in [1.807, 2.05) is 47.8 Å². The van der Waals surface area contributed by atoms with Gasteiger partial charge in [0.25, 0.3) is 5.91 Å². The second-order valence-electron chi connectivity index (χ2n) is 8.41. The number of carbonyl (C=O) groups excluding carboxylic acids is 2. The average molecular weight is 472 g/mol. The maximum absolute atomic E-state index is 13.8. The van der Waals surface area contributed by atoms with Crippen molar-refractivity contribution in [2.45, 2.75) is 44.2 Å². The van der Waals surface area contributed by atoms with Crippen LogP contribution in [0.15, 0.2) is 72.6 Å². The Morgan fingerprint density at radius 1 is 1.00 bits per heavy atom. The molecule has 2 amide bonds. The zero-order chi connectivity index (χ0) is 23.3. The van der Waals surface area contributed by atoms with Gasteiger partial charge in [0.05, 0.1) is 23.6 Å². The lowest BCUT2D eigenvalue weighted by atomic mass is 9.95. The van der Waals surface area contributed by atoms with Gasteiger partial charge in [0.2, 0.25) is 5.91 Å². The second kappa shape index (κ2) is 10.1. The molecule has 8 heteroatoms. The molecule has 1 atom stereocenters. The lowest BCUT2D eigenvalue weighted by molar-refractivity contribution is -0.123. The molecule has 172 valence electrons. The van der Waals surface area contributed by atoms with Crippen LogP contribution in [0.4, 0.5) is 5.69 Å². The van der Waals surface area contributed by atoms with Crippen molar-refractivity contribution in [2.75, 3.05) is 4.90 Å². The predicted octanol–water partition coefficient (Wildman–Crippen LogP) is 4.92. The molecule has 1 N–H and O–H groups in total. The summed E-state index contributed by atoms with van der Waals surface area (Å²) in [6.45, 7) is 0. The Bertz CT molecular complexity index is 1270. The van der Waals surface area contributed by atoms with E-state index in [0.717, 1.165) is 41.5 Å². The summed E-state index contributed by atoms with van der Waals surface area (Å²) in [6, 6.07) is 12.7. The Kier molecular flexibility index (Phi) is 6.58. The number of benzene rings is 1. The zero-order valence-corrected chi connectivity index (χ0v) is 19.4. The van der Waals surface area contributed by atoms with E-state index >= 15 is 0 Å². The minimum absolute atomic E-state index is 0.118. The summed E-state index contributed by atoms with van der Waals surface area (Å²) >= 11 is 1.45. The number of fused-ring (bicyclic) bond motifs is 1. The Hall–Kier alpha value is -3.65. The molecule has 4 aromatic rings. The molecule has 1 saturated carbocycles. The monoisotopic (exact) mass is 471 g/mol. The number of rotatable bonds is 6. The second-order valence-corrected chi connectivity index (χ2v) is 9.39. The fourth-order valence-electron chi connectivity index (χ4n) is 4.46. The first-order valence-corrected chi connectivity index (χ1v) is 12.4. The van der Waals surface area contributed by atoms with Crippen molar-refractivity contribution in [3.05, 3.63) is 83.2 Å². The molecule has 0 aliphatic heterocycles. The lowest BCUT2D eigenvalue weighted by Crippen LogP contribution is -2.47. The van der Waals surface area contributed by atoms with Crippen molar-refractivity contribution < 1.29 is 9.59 Å². The lowest BCUT2D eigenvalue weighted by Gasteiger charge is -2.32. The van der Waals surface area contributed by atoms with Gasteiger partial charge in [-0.25, -0.2) is 4.98 Å². The Morgan fingerprint density at radius 3 is 2.62 bits per heavy atom. The number of para-hydroxylation sites is 1. The molecule has 1 aliphatic rings. The normalized spacial score (nSPS) is 15.1. The molecule has 1 fully saturated rings. The number of amides is 2. The predicted molar refractivity (Wildman–Crippen MR) is 133 cm³/mol. The largest absolute Gasteiger partial charge is 0.351 e. The highest BCUT2D eigenvalue weighted by Crippen LogP contribution is 2.33.